The Bertz CT molecular complexity index is 1030. The Kier molecular flexibility index (Phi) is 4.84. The van der Waals surface area contributed by atoms with Gasteiger partial charge in [0, 0.05) is 5.56 Å². The molecule has 0 bridgehead atoms. The first-order valence-electron chi connectivity index (χ1n) is 8.74. The fourth-order valence-electron chi connectivity index (χ4n) is 2.91. The summed E-state index contributed by atoms with van der Waals surface area (Å²) in [7, 11) is 0. The van der Waals surface area contributed by atoms with Crippen LogP contribution in [0, 0.1) is 0 Å². The topological polar surface area (TPSA) is 39.4 Å². The van der Waals surface area contributed by atoms with Gasteiger partial charge in [0.2, 0.25) is 0 Å². The van der Waals surface area contributed by atoms with E-state index in [2.05, 4.69) is 0 Å². The quantitative estimate of drug-likeness (QED) is 0.398. The second kappa shape index (κ2) is 7.75. The first-order valence-corrected chi connectivity index (χ1v) is 8.74. The lowest BCUT2D eigenvalue weighted by atomic mass is 10.0. The molecule has 0 aliphatic carbocycles. The highest BCUT2D eigenvalue weighted by Gasteiger charge is 2.06. The number of carbonyl (C=O) groups is 1. The highest BCUT2D eigenvalue weighted by molar-refractivity contribution is 5.75. The summed E-state index contributed by atoms with van der Waals surface area (Å²) < 4.78 is 11.4. The summed E-state index contributed by atoms with van der Waals surface area (Å²) in [5.74, 6) is 1.84. The van der Waals surface area contributed by atoms with E-state index in [4.69, 9.17) is 9.15 Å². The van der Waals surface area contributed by atoms with Gasteiger partial charge < -0.3 is 9.15 Å². The summed E-state index contributed by atoms with van der Waals surface area (Å²) >= 11 is 0. The summed E-state index contributed by atoms with van der Waals surface area (Å²) in [6.07, 6.45) is 0.710. The third-order valence-electron chi connectivity index (χ3n) is 4.33. The van der Waals surface area contributed by atoms with Crippen molar-refractivity contribution in [3.63, 3.8) is 0 Å². The Morgan fingerprint density at radius 1 is 0.741 bits per heavy atom. The van der Waals surface area contributed by atoms with E-state index in [0.29, 0.717) is 24.4 Å². The van der Waals surface area contributed by atoms with E-state index >= 15 is 0 Å². The molecule has 0 radical (unpaired) electrons. The monoisotopic (exact) mass is 354 g/mol. The molecule has 0 N–H and O–H groups in total. The molecule has 0 saturated carbocycles. The zero-order valence-electron chi connectivity index (χ0n) is 14.7. The normalized spacial score (nSPS) is 10.5. The van der Waals surface area contributed by atoms with Crippen molar-refractivity contribution < 1.29 is 13.9 Å². The predicted molar refractivity (Wildman–Crippen MR) is 106 cm³/mol. The number of rotatable bonds is 6. The van der Waals surface area contributed by atoms with Crippen LogP contribution in [0.4, 0.5) is 0 Å². The number of ether oxygens (including phenoxy) is 1. The Hall–Kier alpha value is -3.59. The Morgan fingerprint density at radius 2 is 1.52 bits per heavy atom. The van der Waals surface area contributed by atoms with Crippen LogP contribution in [0.15, 0.2) is 95.4 Å². The minimum atomic E-state index is 0.329. The first kappa shape index (κ1) is 16.9. The number of carbonyl (C=O) groups excluding carboxylic acids is 1. The van der Waals surface area contributed by atoms with Crippen molar-refractivity contribution in [2.24, 2.45) is 0 Å². The third-order valence-corrected chi connectivity index (χ3v) is 4.33. The van der Waals surface area contributed by atoms with Crippen molar-refractivity contribution in [2.45, 2.75) is 6.61 Å². The van der Waals surface area contributed by atoms with E-state index in [9.17, 15) is 4.79 Å². The Morgan fingerprint density at radius 3 is 2.26 bits per heavy atom. The van der Waals surface area contributed by atoms with Crippen molar-refractivity contribution in [1.82, 2.24) is 0 Å². The van der Waals surface area contributed by atoms with Crippen molar-refractivity contribution in [1.29, 1.82) is 0 Å². The Balaban J connectivity index is 1.50. The van der Waals surface area contributed by atoms with Crippen LogP contribution in [0.1, 0.15) is 16.1 Å². The zero-order valence-corrected chi connectivity index (χ0v) is 14.7. The largest absolute Gasteiger partial charge is 0.489 e. The smallest absolute Gasteiger partial charge is 0.185 e. The molecule has 132 valence electrons. The van der Waals surface area contributed by atoms with Gasteiger partial charge >= 0.3 is 0 Å². The van der Waals surface area contributed by atoms with Crippen LogP contribution in [0.3, 0.4) is 0 Å². The number of hydrogen-bond donors (Lipinski definition) is 0. The maximum atomic E-state index is 10.8. The molecular weight excluding hydrogens is 336 g/mol. The van der Waals surface area contributed by atoms with Gasteiger partial charge in [-0.25, -0.2) is 0 Å². The van der Waals surface area contributed by atoms with Gasteiger partial charge in [-0.1, -0.05) is 60.7 Å². The van der Waals surface area contributed by atoms with Gasteiger partial charge in [0.25, 0.3) is 0 Å². The van der Waals surface area contributed by atoms with Gasteiger partial charge in [0.1, 0.15) is 18.1 Å². The summed E-state index contributed by atoms with van der Waals surface area (Å²) in [6.45, 7) is 0.549. The van der Waals surface area contributed by atoms with Crippen LogP contribution in [-0.4, -0.2) is 6.29 Å². The number of furan rings is 1. The van der Waals surface area contributed by atoms with E-state index in [1.54, 1.807) is 6.07 Å². The molecule has 1 heterocycles. The molecule has 0 saturated heterocycles. The van der Waals surface area contributed by atoms with E-state index in [-0.39, 0.29) is 0 Å². The van der Waals surface area contributed by atoms with E-state index in [1.165, 1.54) is 0 Å². The van der Waals surface area contributed by atoms with E-state index in [1.807, 2.05) is 84.9 Å². The molecule has 0 unspecified atom stereocenters. The van der Waals surface area contributed by atoms with Gasteiger partial charge in [-0.2, -0.15) is 0 Å². The van der Waals surface area contributed by atoms with Crippen molar-refractivity contribution >= 4 is 6.29 Å². The number of hydrogen-bond acceptors (Lipinski definition) is 3. The van der Waals surface area contributed by atoms with E-state index in [0.717, 1.165) is 28.0 Å². The molecule has 0 aliphatic rings. The molecule has 4 aromatic rings. The average Bonchev–Trinajstić information content (AvgIpc) is 3.23. The minimum Gasteiger partial charge on any atom is -0.489 e. The maximum Gasteiger partial charge on any atom is 0.185 e. The predicted octanol–water partition coefficient (Wildman–Crippen LogP) is 6.01. The molecule has 0 amide bonds. The highest BCUT2D eigenvalue weighted by atomic mass is 16.5. The molecule has 0 aliphatic heterocycles. The molecule has 0 spiro atoms. The summed E-state index contributed by atoms with van der Waals surface area (Å²) in [4.78, 5) is 10.8. The standard InChI is InChI=1S/C24H18O3/c25-16-23-13-14-24(27-23)21-8-4-7-20(15-21)19-9-11-22(12-10-19)26-17-18-5-2-1-3-6-18/h1-16H,17H2. The third kappa shape index (κ3) is 3.98. The van der Waals surface area contributed by atoms with Crippen LogP contribution in [0.25, 0.3) is 22.5 Å². The van der Waals surface area contributed by atoms with E-state index < -0.39 is 0 Å². The summed E-state index contributed by atoms with van der Waals surface area (Å²) in [5, 5.41) is 0. The van der Waals surface area contributed by atoms with Crippen molar-refractivity contribution in [2.75, 3.05) is 0 Å². The fraction of sp³-hybridized carbons (Fsp3) is 0.0417. The van der Waals surface area contributed by atoms with Gasteiger partial charge in [0.15, 0.2) is 12.0 Å². The Labute approximate surface area is 157 Å². The van der Waals surface area contributed by atoms with Gasteiger partial charge in [-0.05, 0) is 47.0 Å². The molecule has 0 atom stereocenters. The van der Waals surface area contributed by atoms with Crippen LogP contribution in [0.5, 0.6) is 5.75 Å². The second-order valence-corrected chi connectivity index (χ2v) is 6.20. The highest BCUT2D eigenvalue weighted by Crippen LogP contribution is 2.28. The van der Waals surface area contributed by atoms with Crippen LogP contribution >= 0.6 is 0 Å². The van der Waals surface area contributed by atoms with Crippen LogP contribution in [0.2, 0.25) is 0 Å². The first-order chi connectivity index (χ1) is 13.3. The molecule has 1 aromatic heterocycles. The molecule has 27 heavy (non-hydrogen) atoms. The second-order valence-electron chi connectivity index (χ2n) is 6.20. The molecular formula is C24H18O3. The SMILES string of the molecule is O=Cc1ccc(-c2cccc(-c3ccc(OCc4ccccc4)cc3)c2)o1. The average molecular weight is 354 g/mol. The van der Waals surface area contributed by atoms with Crippen molar-refractivity contribution in [3.8, 4) is 28.2 Å². The minimum absolute atomic E-state index is 0.329. The molecule has 3 aromatic carbocycles. The molecule has 4 rings (SSSR count). The zero-order chi connectivity index (χ0) is 18.5. The lowest BCUT2D eigenvalue weighted by molar-refractivity contribution is 0.110. The lowest BCUT2D eigenvalue weighted by Crippen LogP contribution is -1.94. The lowest BCUT2D eigenvalue weighted by Gasteiger charge is -2.08. The van der Waals surface area contributed by atoms with Crippen molar-refractivity contribution in [3.05, 3.63) is 102 Å². The summed E-state index contributed by atoms with van der Waals surface area (Å²) in [6, 6.07) is 29.7. The van der Waals surface area contributed by atoms with Gasteiger partial charge in [-0.3, -0.25) is 4.79 Å². The molecule has 0 fully saturated rings. The van der Waals surface area contributed by atoms with Gasteiger partial charge in [0.05, 0.1) is 0 Å². The molecule has 3 nitrogen and oxygen atoms in total. The molecule has 3 heteroatoms. The summed E-state index contributed by atoms with van der Waals surface area (Å²) in [5.41, 5.74) is 4.24. The maximum absolute atomic E-state index is 10.8. The number of aldehydes is 1. The van der Waals surface area contributed by atoms with Crippen LogP contribution in [-0.2, 0) is 6.61 Å². The van der Waals surface area contributed by atoms with Gasteiger partial charge in [-0.15, -0.1) is 0 Å². The number of benzene rings is 3. The fourth-order valence-corrected chi connectivity index (χ4v) is 2.91. The van der Waals surface area contributed by atoms with Crippen LogP contribution < -0.4 is 4.74 Å².